The number of thiophene rings is 1. The van der Waals surface area contributed by atoms with Crippen LogP contribution in [0.1, 0.15) is 17.7 Å². The van der Waals surface area contributed by atoms with E-state index in [1.807, 2.05) is 23.6 Å². The Bertz CT molecular complexity index is 1050. The van der Waals surface area contributed by atoms with Crippen LogP contribution in [-0.2, 0) is 22.4 Å². The van der Waals surface area contributed by atoms with E-state index in [1.54, 1.807) is 34.3 Å². The number of rotatable bonds is 7. The average Bonchev–Trinajstić information content (AvgIpc) is 3.48. The van der Waals surface area contributed by atoms with Gasteiger partial charge in [-0.3, -0.25) is 9.59 Å². The monoisotopic (exact) mass is 439 g/mol. The maximum absolute atomic E-state index is 13.0. The molecule has 2 amide bonds. The van der Waals surface area contributed by atoms with Crippen LogP contribution in [0.5, 0.6) is 5.88 Å². The Labute approximate surface area is 185 Å². The van der Waals surface area contributed by atoms with E-state index in [4.69, 9.17) is 9.26 Å². The predicted octanol–water partition coefficient (Wildman–Crippen LogP) is 3.26. The predicted molar refractivity (Wildman–Crippen MR) is 118 cm³/mol. The molecule has 0 aliphatic carbocycles. The molecular formula is C23H25N3O4S. The first-order valence-corrected chi connectivity index (χ1v) is 11.1. The summed E-state index contributed by atoms with van der Waals surface area (Å²) in [6, 6.07) is 13.5. The van der Waals surface area contributed by atoms with Gasteiger partial charge in [0.2, 0.25) is 11.8 Å². The molecule has 0 saturated carbocycles. The normalized spacial score (nSPS) is 16.6. The lowest BCUT2D eigenvalue weighted by molar-refractivity contribution is -0.150. The van der Waals surface area contributed by atoms with Gasteiger partial charge < -0.3 is 19.1 Å². The number of amides is 2. The second-order valence-corrected chi connectivity index (χ2v) is 8.53. The molecule has 7 nitrogen and oxygen atoms in total. The van der Waals surface area contributed by atoms with Crippen LogP contribution in [0.4, 0.5) is 0 Å². The van der Waals surface area contributed by atoms with Crippen LogP contribution in [0.25, 0.3) is 10.4 Å². The van der Waals surface area contributed by atoms with Crippen molar-refractivity contribution in [1.29, 1.82) is 0 Å². The zero-order chi connectivity index (χ0) is 21.8. The smallest absolute Gasteiger partial charge is 0.254 e. The van der Waals surface area contributed by atoms with Crippen molar-refractivity contribution in [2.45, 2.75) is 25.3 Å². The second-order valence-electron chi connectivity index (χ2n) is 7.58. The number of carbonyl (C=O) groups excluding carboxylic acids is 2. The number of nitrogens with zero attached hydrogens (tertiary/aromatic N) is 3. The maximum atomic E-state index is 13.0. The van der Waals surface area contributed by atoms with E-state index in [0.29, 0.717) is 37.6 Å². The molecule has 0 spiro atoms. The maximum Gasteiger partial charge on any atom is 0.254 e. The molecule has 0 unspecified atom stereocenters. The molecular weight excluding hydrogens is 414 g/mol. The van der Waals surface area contributed by atoms with E-state index >= 15 is 0 Å². The van der Waals surface area contributed by atoms with Gasteiger partial charge in [0.1, 0.15) is 11.8 Å². The fraction of sp³-hybridized carbons (Fsp3) is 0.348. The molecule has 1 atom stereocenters. The Morgan fingerprint density at radius 2 is 2.13 bits per heavy atom. The molecule has 1 fully saturated rings. The van der Waals surface area contributed by atoms with Crippen LogP contribution in [0, 0.1) is 0 Å². The minimum absolute atomic E-state index is 0.0255. The Morgan fingerprint density at radius 3 is 2.87 bits per heavy atom. The zero-order valence-corrected chi connectivity index (χ0v) is 18.4. The first-order valence-electron chi connectivity index (χ1n) is 10.2. The lowest BCUT2D eigenvalue weighted by Crippen LogP contribution is -2.58. The lowest BCUT2D eigenvalue weighted by Gasteiger charge is -2.39. The molecule has 162 valence electrons. The van der Waals surface area contributed by atoms with Gasteiger partial charge in [0.15, 0.2) is 0 Å². The fourth-order valence-corrected chi connectivity index (χ4v) is 4.53. The molecule has 2 aromatic heterocycles. The molecule has 3 aromatic rings. The summed E-state index contributed by atoms with van der Waals surface area (Å²) in [6.07, 6.45) is 1.15. The molecule has 1 aliphatic rings. The first kappa shape index (κ1) is 21.1. The number of hydrogen-bond acceptors (Lipinski definition) is 6. The summed E-state index contributed by atoms with van der Waals surface area (Å²) in [6.45, 7) is 1.06. The highest BCUT2D eigenvalue weighted by molar-refractivity contribution is 7.13. The summed E-state index contributed by atoms with van der Waals surface area (Å²) < 4.78 is 10.2. The van der Waals surface area contributed by atoms with Crippen LogP contribution in [-0.4, -0.2) is 60.1 Å². The standard InChI is InChI=1S/C23H25N3O4S/c1-25-10-11-26(22(27)9-8-18-15-21(29-2)24-30-18)19(23(25)28)14-16-5-3-6-17(13-16)20-7-4-12-31-20/h3-7,12-13,15,19H,8-11,14H2,1-2H3/t19-/m1/s1. The number of aryl methyl sites for hydroxylation is 1. The van der Waals surface area contributed by atoms with Crippen LogP contribution in [0.3, 0.4) is 0 Å². The fourth-order valence-electron chi connectivity index (χ4n) is 3.81. The molecule has 1 aromatic carbocycles. The van der Waals surface area contributed by atoms with Crippen LogP contribution in [0.15, 0.2) is 52.4 Å². The summed E-state index contributed by atoms with van der Waals surface area (Å²) in [7, 11) is 3.31. The summed E-state index contributed by atoms with van der Waals surface area (Å²) in [4.78, 5) is 30.6. The number of likely N-dealkylation sites (N-methyl/N-ethyl adjacent to an activating group) is 1. The molecule has 3 heterocycles. The van der Waals surface area contributed by atoms with Crippen molar-refractivity contribution in [2.75, 3.05) is 27.2 Å². The van der Waals surface area contributed by atoms with Gasteiger partial charge in [-0.1, -0.05) is 30.3 Å². The SMILES string of the molecule is COc1cc(CCC(=O)N2CCN(C)C(=O)[C@H]2Cc2cccc(-c3cccs3)c2)on1. The average molecular weight is 440 g/mol. The van der Waals surface area contributed by atoms with Gasteiger partial charge >= 0.3 is 0 Å². The molecule has 0 bridgehead atoms. The van der Waals surface area contributed by atoms with E-state index in [9.17, 15) is 9.59 Å². The van der Waals surface area contributed by atoms with Crippen molar-refractivity contribution >= 4 is 23.2 Å². The van der Waals surface area contributed by atoms with Gasteiger partial charge in [-0.15, -0.1) is 11.3 Å². The van der Waals surface area contributed by atoms with Crippen LogP contribution in [0.2, 0.25) is 0 Å². The third-order valence-corrected chi connectivity index (χ3v) is 6.45. The van der Waals surface area contributed by atoms with Gasteiger partial charge in [0.25, 0.3) is 5.88 Å². The van der Waals surface area contributed by atoms with Gasteiger partial charge in [-0.25, -0.2) is 0 Å². The number of aromatic nitrogens is 1. The Morgan fingerprint density at radius 1 is 1.26 bits per heavy atom. The number of piperazine rings is 1. The number of carbonyl (C=O) groups is 2. The minimum atomic E-state index is -0.505. The van der Waals surface area contributed by atoms with E-state index in [2.05, 4.69) is 23.4 Å². The summed E-state index contributed by atoms with van der Waals surface area (Å²) in [5, 5.41) is 5.81. The number of ether oxygens (including phenoxy) is 1. The van der Waals surface area contributed by atoms with Gasteiger partial charge in [0.05, 0.1) is 7.11 Å². The second kappa shape index (κ2) is 9.34. The van der Waals surface area contributed by atoms with Crippen molar-refractivity contribution in [3.63, 3.8) is 0 Å². The van der Waals surface area contributed by atoms with Crippen molar-refractivity contribution < 1.29 is 18.8 Å². The van der Waals surface area contributed by atoms with Crippen molar-refractivity contribution in [1.82, 2.24) is 15.0 Å². The highest BCUT2D eigenvalue weighted by Gasteiger charge is 2.35. The van der Waals surface area contributed by atoms with E-state index in [1.165, 1.54) is 12.0 Å². The third-order valence-electron chi connectivity index (χ3n) is 5.53. The Balaban J connectivity index is 1.48. The molecule has 0 N–H and O–H groups in total. The van der Waals surface area contributed by atoms with Crippen molar-refractivity contribution in [3.8, 4) is 16.3 Å². The molecule has 4 rings (SSSR count). The van der Waals surface area contributed by atoms with Gasteiger partial charge in [0, 0.05) is 50.3 Å². The lowest BCUT2D eigenvalue weighted by atomic mass is 9.99. The van der Waals surface area contributed by atoms with E-state index < -0.39 is 6.04 Å². The Kier molecular flexibility index (Phi) is 6.36. The number of methoxy groups -OCH3 is 1. The highest BCUT2D eigenvalue weighted by atomic mass is 32.1. The van der Waals surface area contributed by atoms with Crippen molar-refractivity contribution in [3.05, 3.63) is 59.2 Å². The zero-order valence-electron chi connectivity index (χ0n) is 17.6. The molecule has 8 heteroatoms. The van der Waals surface area contributed by atoms with Gasteiger partial charge in [-0.2, -0.15) is 0 Å². The Hall–Kier alpha value is -3.13. The summed E-state index contributed by atoms with van der Waals surface area (Å²) >= 11 is 1.68. The van der Waals surface area contributed by atoms with E-state index in [0.717, 1.165) is 11.1 Å². The minimum Gasteiger partial charge on any atom is -0.479 e. The molecule has 0 radical (unpaired) electrons. The quantitative estimate of drug-likeness (QED) is 0.565. The first-order chi connectivity index (χ1) is 15.0. The van der Waals surface area contributed by atoms with Crippen LogP contribution >= 0.6 is 11.3 Å². The highest BCUT2D eigenvalue weighted by Crippen LogP contribution is 2.26. The van der Waals surface area contributed by atoms with Crippen molar-refractivity contribution in [2.24, 2.45) is 0 Å². The largest absolute Gasteiger partial charge is 0.479 e. The summed E-state index contributed by atoms with van der Waals surface area (Å²) in [5.74, 6) is 0.894. The topological polar surface area (TPSA) is 75.9 Å². The molecule has 1 saturated heterocycles. The number of benzene rings is 1. The van der Waals surface area contributed by atoms with Crippen LogP contribution < -0.4 is 4.74 Å². The van der Waals surface area contributed by atoms with E-state index in [-0.39, 0.29) is 18.2 Å². The summed E-state index contributed by atoms with van der Waals surface area (Å²) in [5.41, 5.74) is 2.17. The molecule has 1 aliphatic heterocycles. The molecule has 31 heavy (non-hydrogen) atoms. The third kappa shape index (κ3) is 4.80. The number of hydrogen-bond donors (Lipinski definition) is 0. The van der Waals surface area contributed by atoms with Gasteiger partial charge in [-0.05, 0) is 27.7 Å².